The number of ether oxygens (including phenoxy) is 2. The Labute approximate surface area is 156 Å². The molecule has 0 unspecified atom stereocenters. The zero-order valence-electron chi connectivity index (χ0n) is 16.2. The molecule has 1 N–H and O–H groups in total. The molecule has 6 heteroatoms. The summed E-state index contributed by atoms with van der Waals surface area (Å²) in [6.45, 7) is 10.0. The number of piperidine rings is 1. The van der Waals surface area contributed by atoms with E-state index in [2.05, 4.69) is 23.2 Å². The van der Waals surface area contributed by atoms with Gasteiger partial charge in [0, 0.05) is 19.6 Å². The van der Waals surface area contributed by atoms with Gasteiger partial charge in [0.15, 0.2) is 5.96 Å². The topological polar surface area (TPSA) is 63.2 Å². The molecule has 0 amide bonds. The molecule has 1 aliphatic heterocycles. The number of hydrogen-bond acceptors (Lipinski definition) is 4. The van der Waals surface area contributed by atoms with Crippen LogP contribution < -0.4 is 10.1 Å². The molecule has 0 spiro atoms. The van der Waals surface area contributed by atoms with Crippen LogP contribution in [0.25, 0.3) is 0 Å². The number of benzene rings is 1. The molecule has 0 saturated carbocycles. The average molecular weight is 361 g/mol. The molecule has 0 radical (unpaired) electrons. The van der Waals surface area contributed by atoms with Crippen molar-refractivity contribution in [2.24, 2.45) is 10.9 Å². The summed E-state index contributed by atoms with van der Waals surface area (Å²) in [5.74, 6) is 1.72. The Balaban J connectivity index is 1.97. The Hall–Kier alpha value is -2.24. The summed E-state index contributed by atoms with van der Waals surface area (Å²) in [5.41, 5.74) is 1.12. The van der Waals surface area contributed by atoms with Gasteiger partial charge in [0.05, 0.1) is 25.7 Å². The van der Waals surface area contributed by atoms with Gasteiger partial charge in [-0.25, -0.2) is 4.99 Å². The van der Waals surface area contributed by atoms with Crippen LogP contribution in [0, 0.1) is 5.92 Å². The molecule has 1 fully saturated rings. The number of nitrogens with zero attached hydrogens (tertiary/aromatic N) is 2. The van der Waals surface area contributed by atoms with Crippen molar-refractivity contribution in [2.75, 3.05) is 32.8 Å². The first-order chi connectivity index (χ1) is 12.7. The minimum Gasteiger partial charge on any atom is -0.494 e. The van der Waals surface area contributed by atoms with E-state index in [-0.39, 0.29) is 11.9 Å². The number of guanidine groups is 1. The average Bonchev–Trinajstić information content (AvgIpc) is 2.66. The van der Waals surface area contributed by atoms with Gasteiger partial charge in [-0.05, 0) is 51.3 Å². The first-order valence-corrected chi connectivity index (χ1v) is 9.59. The zero-order chi connectivity index (χ0) is 18.8. The fourth-order valence-corrected chi connectivity index (χ4v) is 3.08. The number of likely N-dealkylation sites (tertiary alicyclic amines) is 1. The number of esters is 1. The minimum atomic E-state index is -0.0678. The summed E-state index contributed by atoms with van der Waals surface area (Å²) in [4.78, 5) is 18.9. The van der Waals surface area contributed by atoms with Gasteiger partial charge in [-0.15, -0.1) is 0 Å². The molecule has 0 atom stereocenters. The molecular formula is C20H31N3O3. The zero-order valence-corrected chi connectivity index (χ0v) is 16.2. The molecule has 26 heavy (non-hydrogen) atoms. The van der Waals surface area contributed by atoms with Crippen LogP contribution in [0.3, 0.4) is 0 Å². The SMILES string of the molecule is CCNC(=NCc1cccc(OCC)c1)N1CCC(C(=O)OCC)CC1. The van der Waals surface area contributed by atoms with Crippen LogP contribution in [-0.4, -0.2) is 49.7 Å². The van der Waals surface area contributed by atoms with Gasteiger partial charge in [-0.1, -0.05) is 12.1 Å². The van der Waals surface area contributed by atoms with E-state index in [1.54, 1.807) is 0 Å². The molecule has 6 nitrogen and oxygen atoms in total. The molecular weight excluding hydrogens is 330 g/mol. The fourth-order valence-electron chi connectivity index (χ4n) is 3.08. The smallest absolute Gasteiger partial charge is 0.309 e. The lowest BCUT2D eigenvalue weighted by Gasteiger charge is -2.33. The van der Waals surface area contributed by atoms with Crippen molar-refractivity contribution in [3.05, 3.63) is 29.8 Å². The van der Waals surface area contributed by atoms with E-state index in [0.29, 0.717) is 19.8 Å². The molecule has 2 rings (SSSR count). The number of nitrogens with one attached hydrogen (secondary N) is 1. The van der Waals surface area contributed by atoms with Crippen LogP contribution in [0.4, 0.5) is 0 Å². The van der Waals surface area contributed by atoms with Gasteiger partial charge in [0.2, 0.25) is 0 Å². The first kappa shape index (κ1) is 20.1. The number of aliphatic imine (C=N–C) groups is 1. The molecule has 1 aromatic rings. The second kappa shape index (κ2) is 10.7. The Morgan fingerprint density at radius 2 is 2.00 bits per heavy atom. The highest BCUT2D eigenvalue weighted by Gasteiger charge is 2.27. The molecule has 0 aliphatic carbocycles. The Kier molecular flexibility index (Phi) is 8.25. The molecule has 1 saturated heterocycles. The van der Waals surface area contributed by atoms with Crippen molar-refractivity contribution >= 4 is 11.9 Å². The van der Waals surface area contributed by atoms with Crippen molar-refractivity contribution in [1.29, 1.82) is 0 Å². The van der Waals surface area contributed by atoms with Crippen LogP contribution in [-0.2, 0) is 16.1 Å². The Bertz CT molecular complexity index is 596. The normalized spacial score (nSPS) is 15.7. The molecule has 0 aromatic heterocycles. The van der Waals surface area contributed by atoms with E-state index in [1.165, 1.54) is 0 Å². The van der Waals surface area contributed by atoms with Crippen LogP contribution >= 0.6 is 0 Å². The van der Waals surface area contributed by atoms with Gasteiger partial charge in [0.25, 0.3) is 0 Å². The van der Waals surface area contributed by atoms with Gasteiger partial charge in [0.1, 0.15) is 5.75 Å². The van der Waals surface area contributed by atoms with Crippen molar-refractivity contribution in [2.45, 2.75) is 40.2 Å². The van der Waals surface area contributed by atoms with E-state index in [4.69, 9.17) is 14.5 Å². The number of rotatable bonds is 7. The van der Waals surface area contributed by atoms with Crippen LogP contribution in [0.2, 0.25) is 0 Å². The number of carbonyl (C=O) groups excluding carboxylic acids is 1. The van der Waals surface area contributed by atoms with E-state index in [0.717, 1.165) is 49.7 Å². The van der Waals surface area contributed by atoms with E-state index in [1.807, 2.05) is 32.0 Å². The van der Waals surface area contributed by atoms with Gasteiger partial charge >= 0.3 is 5.97 Å². The lowest BCUT2D eigenvalue weighted by atomic mass is 9.97. The largest absolute Gasteiger partial charge is 0.494 e. The lowest BCUT2D eigenvalue weighted by molar-refractivity contribution is -0.149. The van der Waals surface area contributed by atoms with Gasteiger partial charge in [-0.2, -0.15) is 0 Å². The summed E-state index contributed by atoms with van der Waals surface area (Å²) < 4.78 is 10.7. The summed E-state index contributed by atoms with van der Waals surface area (Å²) in [5, 5.41) is 3.36. The maximum Gasteiger partial charge on any atom is 0.309 e. The molecule has 1 heterocycles. The third-order valence-corrected chi connectivity index (χ3v) is 4.37. The summed E-state index contributed by atoms with van der Waals surface area (Å²) in [7, 11) is 0. The van der Waals surface area contributed by atoms with E-state index >= 15 is 0 Å². The standard InChI is InChI=1S/C20H31N3O3/c1-4-21-20(22-15-16-8-7-9-18(14-16)25-5-2)23-12-10-17(11-13-23)19(24)26-6-3/h7-9,14,17H,4-6,10-13,15H2,1-3H3,(H,21,22). The van der Waals surface area contributed by atoms with Gasteiger partial charge < -0.3 is 19.7 Å². The van der Waals surface area contributed by atoms with Gasteiger partial charge in [-0.3, -0.25) is 4.79 Å². The number of carbonyl (C=O) groups is 1. The van der Waals surface area contributed by atoms with E-state index in [9.17, 15) is 4.79 Å². The molecule has 0 bridgehead atoms. The summed E-state index contributed by atoms with van der Waals surface area (Å²) in [6, 6.07) is 8.04. The predicted octanol–water partition coefficient (Wildman–Crippen LogP) is 2.83. The van der Waals surface area contributed by atoms with Crippen molar-refractivity contribution in [3.8, 4) is 5.75 Å². The summed E-state index contributed by atoms with van der Waals surface area (Å²) >= 11 is 0. The fraction of sp³-hybridized carbons (Fsp3) is 0.600. The van der Waals surface area contributed by atoms with Crippen LogP contribution in [0.5, 0.6) is 5.75 Å². The van der Waals surface area contributed by atoms with Crippen molar-refractivity contribution in [1.82, 2.24) is 10.2 Å². The third-order valence-electron chi connectivity index (χ3n) is 4.37. The second-order valence-corrected chi connectivity index (χ2v) is 6.26. The van der Waals surface area contributed by atoms with Crippen LogP contribution in [0.15, 0.2) is 29.3 Å². The lowest BCUT2D eigenvalue weighted by Crippen LogP contribution is -2.46. The second-order valence-electron chi connectivity index (χ2n) is 6.26. The number of hydrogen-bond donors (Lipinski definition) is 1. The van der Waals surface area contributed by atoms with E-state index < -0.39 is 0 Å². The Morgan fingerprint density at radius 1 is 1.23 bits per heavy atom. The maximum absolute atomic E-state index is 11.9. The van der Waals surface area contributed by atoms with Crippen molar-refractivity contribution < 1.29 is 14.3 Å². The first-order valence-electron chi connectivity index (χ1n) is 9.59. The minimum absolute atomic E-state index is 0.0111. The molecule has 1 aromatic carbocycles. The monoisotopic (exact) mass is 361 g/mol. The molecule has 144 valence electrons. The predicted molar refractivity (Wildman–Crippen MR) is 103 cm³/mol. The van der Waals surface area contributed by atoms with Crippen LogP contribution in [0.1, 0.15) is 39.2 Å². The highest BCUT2D eigenvalue weighted by Crippen LogP contribution is 2.19. The quantitative estimate of drug-likeness (QED) is 0.460. The third kappa shape index (κ3) is 5.93. The van der Waals surface area contributed by atoms with Crippen molar-refractivity contribution in [3.63, 3.8) is 0 Å². The maximum atomic E-state index is 11.9. The highest BCUT2D eigenvalue weighted by molar-refractivity contribution is 5.80. The Morgan fingerprint density at radius 3 is 2.65 bits per heavy atom. The molecule has 1 aliphatic rings. The highest BCUT2D eigenvalue weighted by atomic mass is 16.5. The summed E-state index contributed by atoms with van der Waals surface area (Å²) in [6.07, 6.45) is 1.62.